The fourth-order valence-electron chi connectivity index (χ4n) is 2.55. The first-order valence-electron chi connectivity index (χ1n) is 7.74. The largest absolute Gasteiger partial charge is 0.394 e. The van der Waals surface area contributed by atoms with Gasteiger partial charge in [-0.15, -0.1) is 0 Å². The molecule has 1 aromatic rings. The summed E-state index contributed by atoms with van der Waals surface area (Å²) >= 11 is 0. The number of rotatable bonds is 7. The molecule has 0 aromatic carbocycles. The third kappa shape index (κ3) is 4.03. The number of aromatic nitrogens is 2. The van der Waals surface area contributed by atoms with Crippen molar-refractivity contribution < 1.29 is 20.1 Å². The second-order valence-corrected chi connectivity index (χ2v) is 5.72. The molecule has 1 aromatic heterocycles. The molecule has 1 saturated heterocycles. The van der Waals surface area contributed by atoms with Gasteiger partial charge in [-0.2, -0.15) is 4.98 Å². The number of unbranched alkanes of at least 4 members (excludes halogenated alkanes) is 1. The van der Waals surface area contributed by atoms with Crippen molar-refractivity contribution in [1.82, 2.24) is 9.55 Å². The Balaban J connectivity index is 2.11. The zero-order valence-electron chi connectivity index (χ0n) is 13.1. The van der Waals surface area contributed by atoms with Gasteiger partial charge in [-0.3, -0.25) is 4.57 Å². The van der Waals surface area contributed by atoms with E-state index in [1.807, 2.05) is 6.92 Å². The van der Waals surface area contributed by atoms with E-state index in [0.717, 1.165) is 17.4 Å². The van der Waals surface area contributed by atoms with E-state index in [9.17, 15) is 15.0 Å². The van der Waals surface area contributed by atoms with Crippen LogP contribution in [0.3, 0.4) is 0 Å². The maximum absolute atomic E-state index is 12.1. The average molecular weight is 325 g/mol. The Morgan fingerprint density at radius 2 is 2.17 bits per heavy atom. The van der Waals surface area contributed by atoms with E-state index in [4.69, 9.17) is 15.3 Å². The third-order valence-electron chi connectivity index (χ3n) is 3.91. The highest BCUT2D eigenvalue weighted by atomic mass is 16.6. The molecule has 4 N–H and O–H groups in total. The smallest absolute Gasteiger partial charge is 0.350 e. The minimum absolute atomic E-state index is 0.312. The highest BCUT2D eigenvalue weighted by Crippen LogP contribution is 2.27. The topological polar surface area (TPSA) is 129 Å². The molecular formula is C15H23N3O5. The van der Waals surface area contributed by atoms with Crippen LogP contribution < -0.4 is 5.69 Å². The summed E-state index contributed by atoms with van der Waals surface area (Å²) in [7, 11) is 0. The number of nitrogens with zero attached hydrogens (tertiary/aromatic N) is 2. The Hall–Kier alpha value is -1.61. The molecule has 0 spiro atoms. The zero-order valence-corrected chi connectivity index (χ0v) is 13.1. The Bertz CT molecular complexity index is 603. The van der Waals surface area contributed by atoms with Crippen LogP contribution in [0.5, 0.6) is 0 Å². The van der Waals surface area contributed by atoms with Gasteiger partial charge in [-0.25, -0.2) is 4.79 Å². The van der Waals surface area contributed by atoms with Crippen LogP contribution in [0.1, 0.15) is 38.1 Å². The number of aliphatic hydroxyl groups excluding tert-OH is 3. The monoisotopic (exact) mass is 325 g/mol. The van der Waals surface area contributed by atoms with E-state index < -0.39 is 36.8 Å². The van der Waals surface area contributed by atoms with Crippen molar-refractivity contribution in [2.75, 3.05) is 6.61 Å². The number of aliphatic hydroxyl groups is 3. The SMILES string of the molecule is CCCCC(=N)Cc1ccn([C@@H]2O[C@H](CO)[C@@H](O)[C@H]2O)c(=O)n1. The van der Waals surface area contributed by atoms with Crippen LogP contribution in [0.25, 0.3) is 0 Å². The molecule has 1 aliphatic rings. The fraction of sp³-hybridized carbons (Fsp3) is 0.667. The summed E-state index contributed by atoms with van der Waals surface area (Å²) in [4.78, 5) is 16.0. The summed E-state index contributed by atoms with van der Waals surface area (Å²) in [5, 5.41) is 36.6. The van der Waals surface area contributed by atoms with Crippen molar-refractivity contribution in [2.45, 2.75) is 57.1 Å². The first-order valence-corrected chi connectivity index (χ1v) is 7.74. The third-order valence-corrected chi connectivity index (χ3v) is 3.91. The van der Waals surface area contributed by atoms with E-state index in [1.165, 1.54) is 6.20 Å². The maximum atomic E-state index is 12.1. The molecule has 2 rings (SSSR count). The van der Waals surface area contributed by atoms with Crippen molar-refractivity contribution in [3.05, 3.63) is 28.4 Å². The number of ether oxygens (including phenoxy) is 1. The van der Waals surface area contributed by atoms with Crippen molar-refractivity contribution in [3.63, 3.8) is 0 Å². The Morgan fingerprint density at radius 1 is 1.43 bits per heavy atom. The molecule has 23 heavy (non-hydrogen) atoms. The maximum Gasteiger partial charge on any atom is 0.350 e. The van der Waals surface area contributed by atoms with Gasteiger partial charge in [-0.1, -0.05) is 13.3 Å². The Morgan fingerprint density at radius 3 is 2.74 bits per heavy atom. The fourth-order valence-corrected chi connectivity index (χ4v) is 2.55. The molecule has 0 bridgehead atoms. The summed E-state index contributed by atoms with van der Waals surface area (Å²) in [5.41, 5.74) is 0.379. The number of hydrogen-bond acceptors (Lipinski definition) is 7. The molecule has 0 amide bonds. The van der Waals surface area contributed by atoms with Crippen LogP contribution in [-0.4, -0.2) is 55.5 Å². The van der Waals surface area contributed by atoms with Gasteiger partial charge in [0.25, 0.3) is 0 Å². The number of nitrogens with one attached hydrogen (secondary N) is 1. The first kappa shape index (κ1) is 17.7. The van der Waals surface area contributed by atoms with Crippen LogP contribution in [-0.2, 0) is 11.2 Å². The van der Waals surface area contributed by atoms with Gasteiger partial charge in [0.2, 0.25) is 0 Å². The van der Waals surface area contributed by atoms with Gasteiger partial charge in [0.05, 0.1) is 12.3 Å². The molecule has 1 fully saturated rings. The van der Waals surface area contributed by atoms with E-state index in [1.54, 1.807) is 6.07 Å². The van der Waals surface area contributed by atoms with Crippen LogP contribution >= 0.6 is 0 Å². The minimum atomic E-state index is -1.32. The van der Waals surface area contributed by atoms with Crippen molar-refractivity contribution in [3.8, 4) is 0 Å². The number of hydrogen-bond donors (Lipinski definition) is 4. The lowest BCUT2D eigenvalue weighted by atomic mass is 10.1. The predicted octanol–water partition coefficient (Wildman–Crippen LogP) is -0.393. The van der Waals surface area contributed by atoms with Crippen LogP contribution in [0.15, 0.2) is 17.1 Å². The average Bonchev–Trinajstić information content (AvgIpc) is 2.81. The molecule has 4 atom stereocenters. The zero-order chi connectivity index (χ0) is 17.0. The predicted molar refractivity (Wildman–Crippen MR) is 82.5 cm³/mol. The van der Waals surface area contributed by atoms with Gasteiger partial charge in [0, 0.05) is 18.3 Å². The van der Waals surface area contributed by atoms with Gasteiger partial charge in [0.15, 0.2) is 6.23 Å². The Labute approximate surface area is 133 Å². The highest BCUT2D eigenvalue weighted by molar-refractivity contribution is 5.83. The molecule has 2 heterocycles. The first-order chi connectivity index (χ1) is 11.0. The van der Waals surface area contributed by atoms with Crippen LogP contribution in [0.4, 0.5) is 0 Å². The second kappa shape index (κ2) is 7.78. The van der Waals surface area contributed by atoms with Gasteiger partial charge < -0.3 is 25.5 Å². The molecule has 0 aliphatic carbocycles. The molecule has 0 radical (unpaired) electrons. The summed E-state index contributed by atoms with van der Waals surface area (Å²) in [6.07, 6.45) is -0.264. The van der Waals surface area contributed by atoms with E-state index >= 15 is 0 Å². The molecule has 0 unspecified atom stereocenters. The second-order valence-electron chi connectivity index (χ2n) is 5.72. The van der Waals surface area contributed by atoms with Crippen molar-refractivity contribution >= 4 is 5.71 Å². The quantitative estimate of drug-likeness (QED) is 0.505. The van der Waals surface area contributed by atoms with E-state index in [0.29, 0.717) is 24.2 Å². The van der Waals surface area contributed by atoms with Crippen LogP contribution in [0, 0.1) is 5.41 Å². The Kier molecular flexibility index (Phi) is 6.00. The molecule has 0 saturated carbocycles. The standard InChI is InChI=1S/C15H23N3O5/c1-2-3-4-9(16)7-10-5-6-18(15(22)17-10)14-13(21)12(20)11(8-19)23-14/h5-6,11-14,16,19-21H,2-4,7-8H2,1H3/t11-,12-,13-,14-/m1/s1. The highest BCUT2D eigenvalue weighted by Gasteiger charge is 2.43. The lowest BCUT2D eigenvalue weighted by molar-refractivity contribution is -0.0550. The summed E-state index contributed by atoms with van der Waals surface area (Å²) < 4.78 is 6.39. The molecule has 8 nitrogen and oxygen atoms in total. The minimum Gasteiger partial charge on any atom is -0.394 e. The molecular weight excluding hydrogens is 302 g/mol. The molecule has 128 valence electrons. The summed E-state index contributed by atoms with van der Waals surface area (Å²) in [5.74, 6) is 0. The lowest BCUT2D eigenvalue weighted by Crippen LogP contribution is -2.36. The van der Waals surface area contributed by atoms with Gasteiger partial charge in [0.1, 0.15) is 18.3 Å². The molecule has 1 aliphatic heterocycles. The van der Waals surface area contributed by atoms with Gasteiger partial charge >= 0.3 is 5.69 Å². The van der Waals surface area contributed by atoms with Gasteiger partial charge in [-0.05, 0) is 18.9 Å². The summed E-state index contributed by atoms with van der Waals surface area (Å²) in [6.45, 7) is 1.59. The lowest BCUT2D eigenvalue weighted by Gasteiger charge is -2.17. The van der Waals surface area contributed by atoms with E-state index in [-0.39, 0.29) is 0 Å². The molecule has 8 heteroatoms. The van der Waals surface area contributed by atoms with E-state index in [2.05, 4.69) is 4.98 Å². The van der Waals surface area contributed by atoms with Crippen molar-refractivity contribution in [1.29, 1.82) is 5.41 Å². The normalized spacial score (nSPS) is 27.3. The van der Waals surface area contributed by atoms with Crippen LogP contribution in [0.2, 0.25) is 0 Å². The summed E-state index contributed by atoms with van der Waals surface area (Å²) in [6, 6.07) is 1.59. The van der Waals surface area contributed by atoms with Crippen molar-refractivity contribution in [2.24, 2.45) is 0 Å².